The maximum atomic E-state index is 14.0. The smallest absolute Gasteiger partial charge is 0.250 e. The summed E-state index contributed by atoms with van der Waals surface area (Å²) in [5.41, 5.74) is 3.49. The van der Waals surface area contributed by atoms with Crippen molar-refractivity contribution < 1.29 is 14.2 Å². The number of nitrogens with one attached hydrogen (secondary N) is 3. The molecular weight excluding hydrogens is 497 g/mol. The third-order valence-corrected chi connectivity index (χ3v) is 6.35. The molecule has 1 aromatic heterocycles. The molecule has 1 aliphatic heterocycles. The normalized spacial score (nSPS) is 13.0. The van der Waals surface area contributed by atoms with Gasteiger partial charge in [0.25, 0.3) is 5.69 Å². The fraction of sp³-hybridized carbons (Fsp3) is 0.207. The number of nitrogens with zero attached hydrogens (tertiary/aromatic N) is 4. The van der Waals surface area contributed by atoms with Gasteiger partial charge in [-0.1, -0.05) is 24.3 Å². The second kappa shape index (κ2) is 12.2. The van der Waals surface area contributed by atoms with Crippen molar-refractivity contribution in [1.29, 1.82) is 0 Å². The number of hydrogen-bond donors (Lipinski definition) is 4. The summed E-state index contributed by atoms with van der Waals surface area (Å²) in [5.74, 6) is 0.619. The Balaban J connectivity index is 1.33. The van der Waals surface area contributed by atoms with Gasteiger partial charge in [-0.05, 0) is 42.5 Å². The van der Waals surface area contributed by atoms with Gasteiger partial charge >= 0.3 is 0 Å². The van der Waals surface area contributed by atoms with Crippen LogP contribution in [0.4, 0.5) is 38.9 Å². The average Bonchev–Trinajstić information content (AvgIpc) is 2.98. The molecule has 0 spiro atoms. The van der Waals surface area contributed by atoms with Crippen LogP contribution in [0.1, 0.15) is 11.1 Å². The van der Waals surface area contributed by atoms with Crippen molar-refractivity contribution in [2.24, 2.45) is 0 Å². The molecule has 5 rings (SSSR count). The molecule has 0 amide bonds. The van der Waals surface area contributed by atoms with Gasteiger partial charge in [-0.15, -0.1) is 0 Å². The van der Waals surface area contributed by atoms with E-state index in [1.165, 1.54) is 12.3 Å². The minimum Gasteiger partial charge on any atom is -0.500 e. The largest absolute Gasteiger partial charge is 0.500 e. The first-order valence-corrected chi connectivity index (χ1v) is 12.6. The van der Waals surface area contributed by atoms with Crippen molar-refractivity contribution in [3.8, 4) is 5.75 Å². The molecule has 0 saturated carbocycles. The zero-order valence-corrected chi connectivity index (χ0v) is 21.2. The summed E-state index contributed by atoms with van der Waals surface area (Å²) >= 11 is 0. The van der Waals surface area contributed by atoms with Crippen molar-refractivity contribution >= 4 is 34.5 Å². The third kappa shape index (κ3) is 6.23. The monoisotopic (exact) mass is 525 g/mol. The zero-order valence-electron chi connectivity index (χ0n) is 21.2. The second-order valence-corrected chi connectivity index (χ2v) is 8.90. The highest BCUT2D eigenvalue weighted by molar-refractivity contribution is 5.80. The molecule has 0 radical (unpaired) electrons. The van der Waals surface area contributed by atoms with Gasteiger partial charge in [0.05, 0.1) is 13.2 Å². The van der Waals surface area contributed by atoms with Crippen LogP contribution in [0.2, 0.25) is 0 Å². The van der Waals surface area contributed by atoms with E-state index in [4.69, 9.17) is 11.3 Å². The summed E-state index contributed by atoms with van der Waals surface area (Å²) in [6.45, 7) is 11.3. The minimum absolute atomic E-state index is 0.0183. The molecule has 3 aromatic carbocycles. The van der Waals surface area contributed by atoms with Crippen molar-refractivity contribution in [3.05, 3.63) is 101 Å². The Morgan fingerprint density at radius 1 is 1.00 bits per heavy atom. The summed E-state index contributed by atoms with van der Waals surface area (Å²) < 4.78 is 19.8. The number of para-hydroxylation sites is 1. The predicted octanol–water partition coefficient (Wildman–Crippen LogP) is 5.13. The highest BCUT2D eigenvalue weighted by Gasteiger charge is 2.15. The Labute approximate surface area is 226 Å². The van der Waals surface area contributed by atoms with Crippen LogP contribution in [0, 0.1) is 12.4 Å². The summed E-state index contributed by atoms with van der Waals surface area (Å²) in [4.78, 5) is 14.8. The van der Waals surface area contributed by atoms with E-state index in [0.717, 1.165) is 37.6 Å². The number of rotatable bonds is 9. The predicted molar refractivity (Wildman–Crippen MR) is 149 cm³/mol. The van der Waals surface area contributed by atoms with Gasteiger partial charge in [-0.25, -0.2) is 14.2 Å². The van der Waals surface area contributed by atoms with Crippen LogP contribution in [0.5, 0.6) is 5.75 Å². The van der Waals surface area contributed by atoms with Gasteiger partial charge in [0.15, 0.2) is 0 Å². The minimum atomic E-state index is -0.372. The lowest BCUT2D eigenvalue weighted by Gasteiger charge is -2.29. The standard InChI is InChI=1S/C29H28FN7O2/c1-31-27-25(7-4-8-26(27)39-19-20-5-2-3-6-24(20)30)35-28-21(18-38)17-33-29(36-28)34-22-9-11-23(12-10-22)37-15-13-32-14-16-37/h2-12,17,32,38H,13-16,18-19H2,(H2,33,34,35,36). The average molecular weight is 526 g/mol. The molecule has 9 nitrogen and oxygen atoms in total. The molecule has 1 saturated heterocycles. The first kappa shape index (κ1) is 25.9. The van der Waals surface area contributed by atoms with Crippen LogP contribution in [0.15, 0.2) is 72.9 Å². The van der Waals surface area contributed by atoms with E-state index in [9.17, 15) is 9.50 Å². The van der Waals surface area contributed by atoms with Crippen LogP contribution < -0.4 is 25.6 Å². The first-order valence-electron chi connectivity index (χ1n) is 12.6. The van der Waals surface area contributed by atoms with E-state index in [2.05, 4.69) is 47.8 Å². The maximum Gasteiger partial charge on any atom is 0.250 e. The number of aliphatic hydroxyl groups excluding tert-OH is 1. The lowest BCUT2D eigenvalue weighted by Crippen LogP contribution is -2.43. The van der Waals surface area contributed by atoms with Gasteiger partial charge < -0.3 is 30.7 Å². The zero-order chi connectivity index (χ0) is 27.0. The maximum absolute atomic E-state index is 14.0. The van der Waals surface area contributed by atoms with E-state index in [1.54, 1.807) is 36.4 Å². The Bertz CT molecular complexity index is 1470. The molecule has 1 aliphatic rings. The number of halogens is 1. The third-order valence-electron chi connectivity index (χ3n) is 6.35. The number of piperazine rings is 1. The Hall–Kier alpha value is -4.72. The Morgan fingerprint density at radius 3 is 2.54 bits per heavy atom. The molecule has 0 bridgehead atoms. The number of hydrogen-bond acceptors (Lipinski definition) is 8. The van der Waals surface area contributed by atoms with Crippen molar-refractivity contribution in [3.63, 3.8) is 0 Å². The molecule has 4 aromatic rings. The van der Waals surface area contributed by atoms with Crippen molar-refractivity contribution in [2.75, 3.05) is 41.7 Å². The summed E-state index contributed by atoms with van der Waals surface area (Å²) in [7, 11) is 0. The molecule has 1 fully saturated rings. The van der Waals surface area contributed by atoms with Crippen LogP contribution in [-0.4, -0.2) is 41.3 Å². The van der Waals surface area contributed by atoms with E-state index in [1.807, 2.05) is 12.1 Å². The molecule has 39 heavy (non-hydrogen) atoms. The van der Waals surface area contributed by atoms with E-state index < -0.39 is 0 Å². The molecule has 10 heteroatoms. The number of benzene rings is 3. The topological polar surface area (TPSA) is 98.9 Å². The number of ether oxygens (including phenoxy) is 1. The van der Waals surface area contributed by atoms with Gasteiger partial charge in [-0.3, -0.25) is 0 Å². The fourth-order valence-corrected chi connectivity index (χ4v) is 4.25. The molecular formula is C29H28FN7O2. The SMILES string of the molecule is [C-]#[N+]c1c(Nc2nc(Nc3ccc(N4CCNCC4)cc3)ncc2CO)cccc1OCc1ccccc1F. The molecule has 0 unspecified atom stereocenters. The first-order chi connectivity index (χ1) is 19.1. The van der Waals surface area contributed by atoms with Crippen molar-refractivity contribution in [1.82, 2.24) is 15.3 Å². The van der Waals surface area contributed by atoms with E-state index in [-0.39, 0.29) is 24.7 Å². The lowest BCUT2D eigenvalue weighted by molar-refractivity contribution is 0.281. The van der Waals surface area contributed by atoms with Crippen molar-refractivity contribution in [2.45, 2.75) is 13.2 Å². The van der Waals surface area contributed by atoms with Crippen LogP contribution in [0.25, 0.3) is 4.85 Å². The summed E-state index contributed by atoms with van der Waals surface area (Å²) in [6, 6.07) is 19.5. The highest BCUT2D eigenvalue weighted by atomic mass is 19.1. The molecule has 198 valence electrons. The highest BCUT2D eigenvalue weighted by Crippen LogP contribution is 2.38. The molecule has 2 heterocycles. The van der Waals surface area contributed by atoms with Gasteiger partial charge in [0.1, 0.15) is 24.0 Å². The lowest BCUT2D eigenvalue weighted by atomic mass is 10.2. The molecule has 0 atom stereocenters. The van der Waals surface area contributed by atoms with Crippen LogP contribution in [-0.2, 0) is 13.2 Å². The Kier molecular flexibility index (Phi) is 8.12. The summed E-state index contributed by atoms with van der Waals surface area (Å²) in [5, 5.41) is 19.6. The number of aromatic nitrogens is 2. The van der Waals surface area contributed by atoms with E-state index >= 15 is 0 Å². The van der Waals surface area contributed by atoms with Gasteiger partial charge in [0.2, 0.25) is 5.95 Å². The van der Waals surface area contributed by atoms with Gasteiger partial charge in [0, 0.05) is 60.6 Å². The van der Waals surface area contributed by atoms with Crippen LogP contribution >= 0.6 is 0 Å². The number of aliphatic hydroxyl groups is 1. The summed E-state index contributed by atoms with van der Waals surface area (Å²) in [6.07, 6.45) is 1.53. The second-order valence-electron chi connectivity index (χ2n) is 8.90. The fourth-order valence-electron chi connectivity index (χ4n) is 4.25. The van der Waals surface area contributed by atoms with E-state index in [0.29, 0.717) is 34.3 Å². The van der Waals surface area contributed by atoms with Crippen LogP contribution in [0.3, 0.4) is 0 Å². The van der Waals surface area contributed by atoms with Gasteiger partial charge in [-0.2, -0.15) is 4.98 Å². The molecule has 4 N–H and O–H groups in total. The molecule has 0 aliphatic carbocycles. The quantitative estimate of drug-likeness (QED) is 0.223. The number of anilines is 5. The Morgan fingerprint density at radius 2 is 1.79 bits per heavy atom.